The molecule has 0 radical (unpaired) electrons. The average molecular weight is 486 g/mol. The highest BCUT2D eigenvalue weighted by atomic mass is 79.9. The van der Waals surface area contributed by atoms with Gasteiger partial charge in [-0.3, -0.25) is 4.98 Å². The number of pyridine rings is 2. The highest BCUT2D eigenvalue weighted by Crippen LogP contribution is 2.21. The lowest BCUT2D eigenvalue weighted by molar-refractivity contribution is 0.0784. The second-order valence-corrected chi connectivity index (χ2v) is 7.38. The van der Waals surface area contributed by atoms with E-state index in [4.69, 9.17) is 0 Å². The zero-order valence-corrected chi connectivity index (χ0v) is 16.8. The quantitative estimate of drug-likeness (QED) is 0.480. The van der Waals surface area contributed by atoms with E-state index in [0.717, 1.165) is 26.2 Å². The van der Waals surface area contributed by atoms with E-state index in [2.05, 4.69) is 46.8 Å². The van der Waals surface area contributed by atoms with Gasteiger partial charge in [-0.05, 0) is 75.5 Å². The van der Waals surface area contributed by atoms with Crippen LogP contribution in [0.1, 0.15) is 34.3 Å². The van der Waals surface area contributed by atoms with Crippen molar-refractivity contribution in [1.29, 1.82) is 0 Å². The molecule has 5 nitrogen and oxygen atoms in total. The molecule has 0 saturated carbocycles. The van der Waals surface area contributed by atoms with Gasteiger partial charge in [0, 0.05) is 36.3 Å². The average Bonchev–Trinajstić information content (AvgIpc) is 2.94. The van der Waals surface area contributed by atoms with E-state index in [9.17, 15) is 5.11 Å². The molecule has 1 N–H and O–H groups in total. The van der Waals surface area contributed by atoms with Gasteiger partial charge in [-0.2, -0.15) is 0 Å². The Bertz CT molecular complexity index is 796. The summed E-state index contributed by atoms with van der Waals surface area (Å²) in [6.45, 7) is 3.49. The van der Waals surface area contributed by atoms with Gasteiger partial charge in [-0.15, -0.1) is 0 Å². The Labute approximate surface area is 172 Å². The van der Waals surface area contributed by atoms with Gasteiger partial charge in [0.25, 0.3) is 0 Å². The molecule has 142 valence electrons. The molecule has 3 heterocycles. The Kier molecular flexibility index (Phi) is 9.91. The van der Waals surface area contributed by atoms with Crippen molar-refractivity contribution in [3.63, 3.8) is 0 Å². The third-order valence-electron chi connectivity index (χ3n) is 3.21. The molecule has 0 saturated heterocycles. The first-order valence-corrected chi connectivity index (χ1v) is 8.79. The maximum atomic E-state index is 9.56. The van der Waals surface area contributed by atoms with Crippen LogP contribution in [0.2, 0.25) is 0 Å². The Morgan fingerprint density at radius 3 is 2.12 bits per heavy atom. The van der Waals surface area contributed by atoms with E-state index < -0.39 is 5.60 Å². The molecule has 3 aromatic rings. The van der Waals surface area contributed by atoms with Crippen molar-refractivity contribution >= 4 is 31.9 Å². The summed E-state index contributed by atoms with van der Waals surface area (Å²) in [5, 5.41) is 9.56. The van der Waals surface area contributed by atoms with Crippen LogP contribution in [-0.4, -0.2) is 24.6 Å². The van der Waals surface area contributed by atoms with Gasteiger partial charge in [0.2, 0.25) is 0 Å². The van der Waals surface area contributed by atoms with Crippen molar-refractivity contribution in [2.75, 3.05) is 0 Å². The number of aryl methyl sites for hydroxylation is 1. The molecule has 0 unspecified atom stereocenters. The molecule has 0 atom stereocenters. The van der Waals surface area contributed by atoms with E-state index >= 15 is 0 Å². The largest absolute Gasteiger partial charge is 0.386 e. The lowest BCUT2D eigenvalue weighted by Gasteiger charge is -2.17. The third kappa shape index (κ3) is 6.97. The normalized spacial score (nSPS) is 10.1. The maximum Gasteiger partial charge on any atom is 0.158 e. The van der Waals surface area contributed by atoms with E-state index in [1.165, 1.54) is 0 Å². The fourth-order valence-electron chi connectivity index (χ4n) is 1.90. The number of rotatable bonds is 2. The third-order valence-corrected chi connectivity index (χ3v) is 4.11. The molecule has 0 bridgehead atoms. The molecule has 0 aromatic carbocycles. The zero-order valence-electron chi connectivity index (χ0n) is 13.6. The molecule has 3 rings (SSSR count). The second kappa shape index (κ2) is 10.5. The molecule has 3 aromatic heterocycles. The summed E-state index contributed by atoms with van der Waals surface area (Å²) in [6, 6.07) is 7.49. The summed E-state index contributed by atoms with van der Waals surface area (Å²) >= 11 is 6.57. The number of halogens is 2. The first-order chi connectivity index (χ1) is 11.3. The number of hydrogen-bond donors (Lipinski definition) is 1. The minimum atomic E-state index is -0.786. The monoisotopic (exact) mass is 484 g/mol. The zero-order chi connectivity index (χ0) is 17.7. The smallest absolute Gasteiger partial charge is 0.158 e. The Morgan fingerprint density at radius 2 is 1.69 bits per heavy atom. The molecule has 0 aliphatic carbocycles. The SMILES string of the molecule is C.C.CC(C)(O)c1ccnc(Br)c1.Cn1ccnc1-c1ccc(Br)cn1. The predicted molar refractivity (Wildman–Crippen MR) is 115 cm³/mol. The van der Waals surface area contributed by atoms with Crippen LogP contribution in [-0.2, 0) is 12.6 Å². The molecular formula is C19H26Br2N4O. The van der Waals surface area contributed by atoms with Crippen LogP contribution >= 0.6 is 31.9 Å². The van der Waals surface area contributed by atoms with Crippen LogP contribution in [0.5, 0.6) is 0 Å². The first-order valence-electron chi connectivity index (χ1n) is 7.21. The molecule has 0 spiro atoms. The molecule has 0 amide bonds. The fraction of sp³-hybridized carbons (Fsp3) is 0.316. The van der Waals surface area contributed by atoms with Crippen LogP contribution < -0.4 is 0 Å². The second-order valence-electron chi connectivity index (χ2n) is 5.65. The van der Waals surface area contributed by atoms with E-state index in [1.807, 2.05) is 29.9 Å². The topological polar surface area (TPSA) is 63.8 Å². The Balaban J connectivity index is 0.000000453. The van der Waals surface area contributed by atoms with Crippen molar-refractivity contribution in [3.8, 4) is 11.5 Å². The number of imidazole rings is 1. The molecule has 0 aliphatic rings. The summed E-state index contributed by atoms with van der Waals surface area (Å²) < 4.78 is 3.67. The van der Waals surface area contributed by atoms with Gasteiger partial charge < -0.3 is 9.67 Å². The van der Waals surface area contributed by atoms with Crippen molar-refractivity contribution in [1.82, 2.24) is 19.5 Å². The van der Waals surface area contributed by atoms with Crippen LogP contribution in [0.15, 0.2) is 58.1 Å². The van der Waals surface area contributed by atoms with Crippen LogP contribution in [0.4, 0.5) is 0 Å². The van der Waals surface area contributed by atoms with Crippen LogP contribution in [0.25, 0.3) is 11.5 Å². The lowest BCUT2D eigenvalue weighted by atomic mass is 10.0. The summed E-state index contributed by atoms with van der Waals surface area (Å²) in [7, 11) is 1.95. The highest BCUT2D eigenvalue weighted by Gasteiger charge is 2.15. The summed E-state index contributed by atoms with van der Waals surface area (Å²) in [5.74, 6) is 0.882. The number of aromatic nitrogens is 4. The minimum Gasteiger partial charge on any atom is -0.386 e. The molecular weight excluding hydrogens is 460 g/mol. The van der Waals surface area contributed by atoms with Crippen molar-refractivity contribution in [3.05, 3.63) is 63.7 Å². The summed E-state index contributed by atoms with van der Waals surface area (Å²) in [4.78, 5) is 12.4. The van der Waals surface area contributed by atoms with Crippen LogP contribution in [0.3, 0.4) is 0 Å². The maximum absolute atomic E-state index is 9.56. The van der Waals surface area contributed by atoms with Gasteiger partial charge in [-0.25, -0.2) is 9.97 Å². The standard InChI is InChI=1S/C9H8BrN3.C8H10BrNO.2CH4/c1-13-5-4-11-9(13)8-3-2-7(10)6-12-8;1-8(2,11)6-3-4-10-7(9)5-6;;/h2-6H,1H3;3-5,11H,1-2H3;2*1H4. The Morgan fingerprint density at radius 1 is 1.00 bits per heavy atom. The molecule has 7 heteroatoms. The van der Waals surface area contributed by atoms with Crippen molar-refractivity contribution < 1.29 is 5.11 Å². The number of hydrogen-bond acceptors (Lipinski definition) is 4. The lowest BCUT2D eigenvalue weighted by Crippen LogP contribution is -2.15. The van der Waals surface area contributed by atoms with E-state index in [-0.39, 0.29) is 14.9 Å². The summed E-state index contributed by atoms with van der Waals surface area (Å²) in [6.07, 6.45) is 7.10. The predicted octanol–water partition coefficient (Wildman–Crippen LogP) is 5.59. The number of nitrogens with zero attached hydrogens (tertiary/aromatic N) is 4. The van der Waals surface area contributed by atoms with E-state index in [1.54, 1.807) is 44.6 Å². The van der Waals surface area contributed by atoms with Gasteiger partial charge >= 0.3 is 0 Å². The molecule has 0 fully saturated rings. The Hall–Kier alpha value is -1.57. The van der Waals surface area contributed by atoms with Gasteiger partial charge in [0.1, 0.15) is 10.3 Å². The molecule has 26 heavy (non-hydrogen) atoms. The molecule has 0 aliphatic heterocycles. The van der Waals surface area contributed by atoms with Crippen molar-refractivity contribution in [2.24, 2.45) is 7.05 Å². The van der Waals surface area contributed by atoms with Gasteiger partial charge in [0.15, 0.2) is 5.82 Å². The minimum absolute atomic E-state index is 0. The van der Waals surface area contributed by atoms with Gasteiger partial charge in [-0.1, -0.05) is 14.9 Å². The number of aliphatic hydroxyl groups is 1. The first kappa shape index (κ1) is 24.4. The highest BCUT2D eigenvalue weighted by molar-refractivity contribution is 9.10. The fourth-order valence-corrected chi connectivity index (χ4v) is 2.50. The summed E-state index contributed by atoms with van der Waals surface area (Å²) in [5.41, 5.74) is 0.959. The van der Waals surface area contributed by atoms with Gasteiger partial charge in [0.05, 0.1) is 5.60 Å². The van der Waals surface area contributed by atoms with Crippen molar-refractivity contribution in [2.45, 2.75) is 34.3 Å². The van der Waals surface area contributed by atoms with E-state index in [0.29, 0.717) is 0 Å². The van der Waals surface area contributed by atoms with Crippen LogP contribution in [0, 0.1) is 0 Å².